The summed E-state index contributed by atoms with van der Waals surface area (Å²) in [6.07, 6.45) is 0. The van der Waals surface area contributed by atoms with Crippen LogP contribution < -0.4 is 0 Å². The highest BCUT2D eigenvalue weighted by atomic mass is 28.5. The Bertz CT molecular complexity index is 749. The van der Waals surface area contributed by atoms with E-state index in [1.165, 1.54) is 0 Å². The van der Waals surface area contributed by atoms with Crippen molar-refractivity contribution in [2.75, 3.05) is 0 Å². The minimum absolute atomic E-state index is 2.06. The fraction of sp³-hybridized carbons (Fsp3) is 1.00. The Morgan fingerprint density at radius 2 is 0.167 bits per heavy atom. The molecular weight excluding hydrogens is 817 g/mol. The highest BCUT2D eigenvalue weighted by Crippen LogP contribution is 2.33. The lowest BCUT2D eigenvalue weighted by atomic mass is 11.9. The van der Waals surface area contributed by atoms with Gasteiger partial charge in [0.05, 0.1) is 0 Å². The van der Waals surface area contributed by atoms with Crippen LogP contribution in [0.5, 0.6) is 0 Å². The molecule has 1 rings (SSSR count). The molecule has 1 saturated heterocycles. The van der Waals surface area contributed by atoms with Crippen LogP contribution in [0.3, 0.4) is 0 Å². The molecule has 288 valence electrons. The monoisotopic (exact) mass is 888 g/mol. The second-order valence-electron chi connectivity index (χ2n) is 18.0. The van der Waals surface area contributed by atoms with E-state index in [-0.39, 0.29) is 0 Å². The SMILES string of the molecule is C[Si]1(C)O[Si](C)(C)O[Si](C)(C)O[Si](C)(C)O[Si](C)(C)O[Si](C)(C)O[Si](C)(C)O[Si](C)(C)O[Si](C)(C)O[Si](C)(C)O[Si](C)(C)O[Si](C)(C)O1. The van der Waals surface area contributed by atoms with E-state index in [1.54, 1.807) is 0 Å². The summed E-state index contributed by atoms with van der Waals surface area (Å²) in [6.45, 7) is 49.4. The third kappa shape index (κ3) is 19.4. The van der Waals surface area contributed by atoms with Gasteiger partial charge in [0.15, 0.2) is 0 Å². The van der Waals surface area contributed by atoms with Gasteiger partial charge in [-0.2, -0.15) is 0 Å². The standard InChI is InChI=1S/C24H72O12Si12/c1-37(2)25-38(3,4)27-40(7,8)29-42(11,12)31-44(15,16)33-46(19,20)35-48(23,24)36-47(21,22)34-45(17,18)32-43(13,14)30-41(9,10)28-39(5,6)26-37/h1-24H3. The Morgan fingerprint density at radius 3 is 0.208 bits per heavy atom. The summed E-state index contributed by atoms with van der Waals surface area (Å²) in [5.41, 5.74) is 0. The van der Waals surface area contributed by atoms with Gasteiger partial charge in [0.1, 0.15) is 0 Å². The third-order valence-corrected chi connectivity index (χ3v) is 53.1. The van der Waals surface area contributed by atoms with Crippen molar-refractivity contribution in [2.45, 2.75) is 157 Å². The van der Waals surface area contributed by atoms with Crippen molar-refractivity contribution < 1.29 is 49.4 Å². The van der Waals surface area contributed by atoms with E-state index in [9.17, 15) is 0 Å². The minimum atomic E-state index is -2.71. The molecule has 1 heterocycles. The molecule has 1 fully saturated rings. The zero-order chi connectivity index (χ0) is 38.5. The van der Waals surface area contributed by atoms with Gasteiger partial charge in [0, 0.05) is 0 Å². The van der Waals surface area contributed by atoms with Gasteiger partial charge in [-0.3, -0.25) is 0 Å². The van der Waals surface area contributed by atoms with Gasteiger partial charge in [0.25, 0.3) is 0 Å². The first-order chi connectivity index (χ1) is 20.5. The first-order valence-corrected chi connectivity index (χ1v) is 50.7. The second kappa shape index (κ2) is 15.3. The van der Waals surface area contributed by atoms with E-state index in [2.05, 4.69) is 157 Å². The predicted molar refractivity (Wildman–Crippen MR) is 223 cm³/mol. The van der Waals surface area contributed by atoms with Gasteiger partial charge in [-0.15, -0.1) is 0 Å². The smallest absolute Gasteiger partial charge is 0.314 e. The molecule has 0 aromatic carbocycles. The summed E-state index contributed by atoms with van der Waals surface area (Å²) in [5, 5.41) is 0. The van der Waals surface area contributed by atoms with E-state index in [4.69, 9.17) is 49.4 Å². The fourth-order valence-electron chi connectivity index (χ4n) is 7.35. The van der Waals surface area contributed by atoms with Crippen molar-refractivity contribution in [1.29, 1.82) is 0 Å². The Kier molecular flexibility index (Phi) is 15.4. The van der Waals surface area contributed by atoms with Gasteiger partial charge in [-0.25, -0.2) is 0 Å². The van der Waals surface area contributed by atoms with Crippen molar-refractivity contribution in [3.63, 3.8) is 0 Å². The Hall–Kier alpha value is 2.12. The Morgan fingerprint density at radius 1 is 0.125 bits per heavy atom. The van der Waals surface area contributed by atoms with Crippen LogP contribution >= 0.6 is 0 Å². The highest BCUT2D eigenvalue weighted by molar-refractivity contribution is 6.94. The maximum absolute atomic E-state index is 6.78. The molecule has 1 aliphatic heterocycles. The maximum atomic E-state index is 6.78. The van der Waals surface area contributed by atoms with Gasteiger partial charge in [-0.05, 0) is 157 Å². The first kappa shape index (κ1) is 48.1. The minimum Gasteiger partial charge on any atom is -0.416 e. The van der Waals surface area contributed by atoms with E-state index < -0.39 is 103 Å². The Labute approximate surface area is 307 Å². The highest BCUT2D eigenvalue weighted by Gasteiger charge is 2.53. The van der Waals surface area contributed by atoms with Crippen molar-refractivity contribution >= 4 is 103 Å². The topological polar surface area (TPSA) is 111 Å². The zero-order valence-electron chi connectivity index (χ0n) is 34.9. The van der Waals surface area contributed by atoms with Gasteiger partial charge in [-0.1, -0.05) is 0 Å². The van der Waals surface area contributed by atoms with Crippen molar-refractivity contribution in [3.8, 4) is 0 Å². The molecular formula is C24H72O12Si12. The quantitative estimate of drug-likeness (QED) is 0.217. The second-order valence-corrected chi connectivity index (χ2v) is 61.4. The lowest BCUT2D eigenvalue weighted by Crippen LogP contribution is -2.64. The summed E-state index contributed by atoms with van der Waals surface area (Å²) in [6, 6.07) is 0. The molecule has 0 radical (unpaired) electrons. The summed E-state index contributed by atoms with van der Waals surface area (Å²) in [7, 11) is -32.5. The molecule has 0 spiro atoms. The van der Waals surface area contributed by atoms with Crippen LogP contribution in [0.15, 0.2) is 0 Å². The van der Waals surface area contributed by atoms with Crippen molar-refractivity contribution in [1.82, 2.24) is 0 Å². The molecule has 1 aliphatic rings. The molecule has 48 heavy (non-hydrogen) atoms. The third-order valence-electron chi connectivity index (χ3n) is 5.90. The molecule has 0 N–H and O–H groups in total. The average molecular weight is 890 g/mol. The van der Waals surface area contributed by atoms with Crippen molar-refractivity contribution in [3.05, 3.63) is 0 Å². The number of hydrogen-bond acceptors (Lipinski definition) is 12. The van der Waals surface area contributed by atoms with Crippen LogP contribution in [-0.2, 0) is 49.4 Å². The molecule has 0 atom stereocenters. The van der Waals surface area contributed by atoms with Crippen LogP contribution in [0.1, 0.15) is 0 Å². The van der Waals surface area contributed by atoms with Crippen molar-refractivity contribution in [2.24, 2.45) is 0 Å². The lowest BCUT2D eigenvalue weighted by Gasteiger charge is -2.46. The summed E-state index contributed by atoms with van der Waals surface area (Å²) in [4.78, 5) is 0. The molecule has 0 aliphatic carbocycles. The van der Waals surface area contributed by atoms with Gasteiger partial charge >= 0.3 is 103 Å². The summed E-state index contributed by atoms with van der Waals surface area (Å²) < 4.78 is 81.4. The normalized spacial score (nSPS) is 31.5. The van der Waals surface area contributed by atoms with E-state index in [0.29, 0.717) is 0 Å². The molecule has 24 heteroatoms. The van der Waals surface area contributed by atoms with E-state index in [0.717, 1.165) is 0 Å². The molecule has 0 saturated carbocycles. The zero-order valence-corrected chi connectivity index (χ0v) is 46.9. The average Bonchev–Trinajstić information content (AvgIpc) is 2.52. The fourth-order valence-corrected chi connectivity index (χ4v) is 70.7. The first-order valence-electron chi connectivity index (χ1n) is 16.9. The van der Waals surface area contributed by atoms with Crippen LogP contribution in [0.2, 0.25) is 157 Å². The molecule has 0 bridgehead atoms. The van der Waals surface area contributed by atoms with Crippen LogP contribution in [-0.4, -0.2) is 103 Å². The molecule has 0 unspecified atom stereocenters. The molecule has 0 amide bonds. The summed E-state index contributed by atoms with van der Waals surface area (Å²) >= 11 is 0. The largest absolute Gasteiger partial charge is 0.416 e. The predicted octanol–water partition coefficient (Wildman–Crippen LogP) is 8.62. The van der Waals surface area contributed by atoms with Gasteiger partial charge < -0.3 is 49.4 Å². The summed E-state index contributed by atoms with van der Waals surface area (Å²) in [5.74, 6) is 0. The Balaban J connectivity index is 3.57. The lowest BCUT2D eigenvalue weighted by molar-refractivity contribution is 0.244. The van der Waals surface area contributed by atoms with E-state index in [1.807, 2.05) is 0 Å². The van der Waals surface area contributed by atoms with E-state index >= 15 is 0 Å². The maximum Gasteiger partial charge on any atom is 0.314 e. The van der Waals surface area contributed by atoms with Crippen LogP contribution in [0.25, 0.3) is 0 Å². The molecule has 12 nitrogen and oxygen atoms in total. The number of hydrogen-bond donors (Lipinski definition) is 0. The molecule has 0 aromatic rings. The number of rotatable bonds is 0. The van der Waals surface area contributed by atoms with Crippen LogP contribution in [0.4, 0.5) is 0 Å². The van der Waals surface area contributed by atoms with Crippen LogP contribution in [0, 0.1) is 0 Å². The molecule has 0 aromatic heterocycles. The van der Waals surface area contributed by atoms with Gasteiger partial charge in [0.2, 0.25) is 0 Å².